The topological polar surface area (TPSA) is 36.2 Å². The summed E-state index contributed by atoms with van der Waals surface area (Å²) in [5, 5.41) is 11.4. The average Bonchev–Trinajstić information content (AvgIpc) is 2.18. The molecule has 0 atom stereocenters. The Labute approximate surface area is 105 Å². The fourth-order valence-corrected chi connectivity index (χ4v) is 2.19. The summed E-state index contributed by atoms with van der Waals surface area (Å²) in [6, 6.07) is 3.72. The molecule has 1 aromatic heterocycles. The predicted octanol–water partition coefficient (Wildman–Crippen LogP) is 3.15. The van der Waals surface area contributed by atoms with Crippen molar-refractivity contribution in [3.63, 3.8) is 0 Å². The van der Waals surface area contributed by atoms with Crippen molar-refractivity contribution in [1.29, 1.82) is 0 Å². The summed E-state index contributed by atoms with van der Waals surface area (Å²) in [5.74, 6) is 0. The van der Waals surface area contributed by atoms with Gasteiger partial charge in [0.15, 0.2) is 20.2 Å². The first-order valence-electron chi connectivity index (χ1n) is 5.96. The van der Waals surface area contributed by atoms with E-state index in [1.54, 1.807) is 6.20 Å². The first-order valence-corrected chi connectivity index (χ1v) is 8.87. The molecule has 0 fully saturated rings. The smallest absolute Gasteiger partial charge is 0.192 e. The van der Waals surface area contributed by atoms with Crippen molar-refractivity contribution in [3.05, 3.63) is 34.8 Å². The van der Waals surface area contributed by atoms with Gasteiger partial charge in [0.2, 0.25) is 0 Å². The van der Waals surface area contributed by atoms with Crippen LogP contribution in [0.1, 0.15) is 32.0 Å². The van der Waals surface area contributed by atoms with E-state index in [1.807, 2.05) is 19.1 Å². The van der Waals surface area contributed by atoms with Crippen LogP contribution in [0.25, 0.3) is 0 Å². The third-order valence-electron chi connectivity index (χ3n) is 3.57. The third-order valence-corrected chi connectivity index (χ3v) is 8.05. The lowest BCUT2D eigenvalue weighted by molar-refractivity contribution is -0.612. The maximum absolute atomic E-state index is 11.2. The zero-order valence-electron chi connectivity index (χ0n) is 11.7. The zero-order valence-corrected chi connectivity index (χ0v) is 12.7. The quantitative estimate of drug-likeness (QED) is 0.471. The Hall–Kier alpha value is -0.873. The molecule has 0 unspecified atom stereocenters. The number of aromatic nitrogens is 1. The molecule has 0 aliphatic heterocycles. The second kappa shape index (κ2) is 4.78. The van der Waals surface area contributed by atoms with Gasteiger partial charge in [-0.05, 0) is 23.7 Å². The van der Waals surface area contributed by atoms with Crippen molar-refractivity contribution < 1.29 is 9.16 Å². The number of nitrogens with zero attached hydrogens (tertiary/aromatic N) is 1. The molecule has 0 aliphatic carbocycles. The van der Waals surface area contributed by atoms with Crippen molar-refractivity contribution >= 4 is 8.32 Å². The van der Waals surface area contributed by atoms with Crippen molar-refractivity contribution in [2.75, 3.05) is 0 Å². The fourth-order valence-electron chi connectivity index (χ4n) is 1.23. The maximum Gasteiger partial charge on any atom is 0.192 e. The van der Waals surface area contributed by atoms with Crippen LogP contribution in [0.15, 0.2) is 18.3 Å². The molecule has 4 heteroatoms. The predicted molar refractivity (Wildman–Crippen MR) is 72.1 cm³/mol. The molecule has 3 nitrogen and oxygen atoms in total. The Bertz CT molecular complexity index is 397. The van der Waals surface area contributed by atoms with E-state index in [9.17, 15) is 5.21 Å². The normalized spacial score (nSPS) is 12.8. The van der Waals surface area contributed by atoms with Crippen LogP contribution >= 0.6 is 0 Å². The van der Waals surface area contributed by atoms with Crippen LogP contribution in [-0.4, -0.2) is 8.32 Å². The van der Waals surface area contributed by atoms with Gasteiger partial charge in [-0.15, -0.1) is 0 Å². The molecule has 17 heavy (non-hydrogen) atoms. The summed E-state index contributed by atoms with van der Waals surface area (Å²) in [4.78, 5) is 0. The largest absolute Gasteiger partial charge is 0.619 e. The Morgan fingerprint density at radius 3 is 2.41 bits per heavy atom. The van der Waals surface area contributed by atoms with E-state index in [1.165, 1.54) is 0 Å². The molecular weight excluding hydrogens is 230 g/mol. The van der Waals surface area contributed by atoms with Gasteiger partial charge < -0.3 is 9.63 Å². The number of hydrogen-bond donors (Lipinski definition) is 0. The van der Waals surface area contributed by atoms with Crippen LogP contribution in [0.3, 0.4) is 0 Å². The fraction of sp³-hybridized carbons (Fsp3) is 0.615. The van der Waals surface area contributed by atoms with E-state index < -0.39 is 8.32 Å². The van der Waals surface area contributed by atoms with Crippen molar-refractivity contribution in [2.24, 2.45) is 0 Å². The summed E-state index contributed by atoms with van der Waals surface area (Å²) in [6.45, 7) is 13.5. The molecule has 0 saturated carbocycles. The SMILES string of the molecule is Cc1cc(CO[Si](C)(C)C(C)(C)C)cc[n+]1[O-]. The van der Waals surface area contributed by atoms with E-state index in [-0.39, 0.29) is 5.04 Å². The molecule has 0 N–H and O–H groups in total. The minimum Gasteiger partial charge on any atom is -0.619 e. The van der Waals surface area contributed by atoms with Gasteiger partial charge in [-0.3, -0.25) is 0 Å². The summed E-state index contributed by atoms with van der Waals surface area (Å²) in [7, 11) is -1.70. The lowest BCUT2D eigenvalue weighted by Gasteiger charge is -2.36. The first-order chi connectivity index (χ1) is 7.63. The average molecular weight is 253 g/mol. The van der Waals surface area contributed by atoms with E-state index in [4.69, 9.17) is 4.43 Å². The molecule has 1 rings (SSSR count). The molecule has 0 amide bonds. The number of aryl methyl sites for hydroxylation is 1. The van der Waals surface area contributed by atoms with E-state index in [0.29, 0.717) is 12.3 Å². The highest BCUT2D eigenvalue weighted by molar-refractivity contribution is 6.74. The van der Waals surface area contributed by atoms with Gasteiger partial charge in [0, 0.05) is 19.1 Å². The Balaban J connectivity index is 2.71. The van der Waals surface area contributed by atoms with Gasteiger partial charge in [0.25, 0.3) is 0 Å². The third kappa shape index (κ3) is 3.54. The molecule has 0 aliphatic rings. The van der Waals surface area contributed by atoms with Crippen molar-refractivity contribution in [2.45, 2.75) is 52.4 Å². The monoisotopic (exact) mass is 253 g/mol. The minimum atomic E-state index is -1.70. The summed E-state index contributed by atoms with van der Waals surface area (Å²) in [5.41, 5.74) is 1.78. The van der Waals surface area contributed by atoms with Gasteiger partial charge in [-0.25, -0.2) is 0 Å². The van der Waals surface area contributed by atoms with Crippen LogP contribution in [0.5, 0.6) is 0 Å². The van der Waals surface area contributed by atoms with Crippen LogP contribution in [0.2, 0.25) is 18.1 Å². The number of pyridine rings is 1. The van der Waals surface area contributed by atoms with Crippen LogP contribution in [-0.2, 0) is 11.0 Å². The lowest BCUT2D eigenvalue weighted by Crippen LogP contribution is -2.40. The summed E-state index contributed by atoms with van der Waals surface area (Å²) < 4.78 is 6.97. The molecule has 0 bridgehead atoms. The first kappa shape index (κ1) is 14.2. The molecule has 0 spiro atoms. The van der Waals surface area contributed by atoms with Gasteiger partial charge >= 0.3 is 0 Å². The Morgan fingerprint density at radius 2 is 1.94 bits per heavy atom. The highest BCUT2D eigenvalue weighted by Crippen LogP contribution is 2.36. The van der Waals surface area contributed by atoms with Crippen molar-refractivity contribution in [3.8, 4) is 0 Å². The van der Waals surface area contributed by atoms with Crippen LogP contribution in [0, 0.1) is 12.1 Å². The van der Waals surface area contributed by atoms with E-state index in [0.717, 1.165) is 10.3 Å². The van der Waals surface area contributed by atoms with E-state index >= 15 is 0 Å². The number of hydrogen-bond acceptors (Lipinski definition) is 2. The molecule has 0 radical (unpaired) electrons. The van der Waals surface area contributed by atoms with Gasteiger partial charge in [0.05, 0.1) is 6.61 Å². The lowest BCUT2D eigenvalue weighted by atomic mass is 10.2. The zero-order chi connectivity index (χ0) is 13.3. The van der Waals surface area contributed by atoms with Gasteiger partial charge in [0.1, 0.15) is 0 Å². The molecule has 0 saturated heterocycles. The minimum absolute atomic E-state index is 0.218. The standard InChI is InChI=1S/C13H23NO2Si/c1-11-9-12(7-8-14(11)15)10-16-17(5,6)13(2,3)4/h7-9H,10H2,1-6H3. The molecule has 0 aromatic carbocycles. The molecule has 96 valence electrons. The Morgan fingerprint density at radius 1 is 1.35 bits per heavy atom. The highest BCUT2D eigenvalue weighted by Gasteiger charge is 2.37. The summed E-state index contributed by atoms with van der Waals surface area (Å²) >= 11 is 0. The van der Waals surface area contributed by atoms with Crippen LogP contribution < -0.4 is 4.73 Å². The van der Waals surface area contributed by atoms with E-state index in [2.05, 4.69) is 33.9 Å². The van der Waals surface area contributed by atoms with Gasteiger partial charge in [-0.1, -0.05) is 20.8 Å². The summed E-state index contributed by atoms with van der Waals surface area (Å²) in [6.07, 6.45) is 1.54. The van der Waals surface area contributed by atoms with Gasteiger partial charge in [-0.2, -0.15) is 4.73 Å². The second-order valence-electron chi connectivity index (χ2n) is 6.05. The number of rotatable bonds is 3. The second-order valence-corrected chi connectivity index (χ2v) is 10.9. The molecule has 1 heterocycles. The maximum atomic E-state index is 11.2. The van der Waals surface area contributed by atoms with Crippen molar-refractivity contribution in [1.82, 2.24) is 0 Å². The van der Waals surface area contributed by atoms with Crippen LogP contribution in [0.4, 0.5) is 0 Å². The Kier molecular flexibility index (Phi) is 3.99. The highest BCUT2D eigenvalue weighted by atomic mass is 28.4. The molecule has 1 aromatic rings. The molecular formula is C13H23NO2Si.